The fourth-order valence-electron chi connectivity index (χ4n) is 3.02. The minimum atomic E-state index is -0.352. The zero-order valence-corrected chi connectivity index (χ0v) is 15.3. The van der Waals surface area contributed by atoms with Gasteiger partial charge >= 0.3 is 0 Å². The van der Waals surface area contributed by atoms with Crippen molar-refractivity contribution in [1.82, 2.24) is 4.57 Å². The van der Waals surface area contributed by atoms with E-state index in [1.54, 1.807) is 17.4 Å². The largest absolute Gasteiger partial charge is 0.322 e. The summed E-state index contributed by atoms with van der Waals surface area (Å²) in [5, 5.41) is 3.85. The highest BCUT2D eigenvalue weighted by Crippen LogP contribution is 2.38. The Morgan fingerprint density at radius 3 is 2.88 bits per heavy atom. The molecule has 25 heavy (non-hydrogen) atoms. The zero-order valence-electron chi connectivity index (χ0n) is 13.7. The molecule has 3 nitrogen and oxygen atoms in total. The van der Waals surface area contributed by atoms with E-state index in [4.69, 9.17) is 0 Å². The number of thioether (sulfide) groups is 1. The summed E-state index contributed by atoms with van der Waals surface area (Å²) in [4.78, 5) is 14.3. The number of hydrogen-bond donors (Lipinski definition) is 1. The van der Waals surface area contributed by atoms with Crippen molar-refractivity contribution in [2.45, 2.75) is 19.1 Å². The van der Waals surface area contributed by atoms with Crippen molar-refractivity contribution < 1.29 is 9.18 Å². The molecule has 0 radical (unpaired) electrons. The van der Waals surface area contributed by atoms with E-state index < -0.39 is 0 Å². The van der Waals surface area contributed by atoms with Gasteiger partial charge in [0.1, 0.15) is 10.8 Å². The van der Waals surface area contributed by atoms with Crippen LogP contribution in [0.2, 0.25) is 0 Å². The molecule has 2 aromatic heterocycles. The highest BCUT2D eigenvalue weighted by Gasteiger charge is 2.26. The van der Waals surface area contributed by atoms with Crippen LogP contribution in [0.15, 0.2) is 42.7 Å². The number of aromatic nitrogens is 1. The van der Waals surface area contributed by atoms with Crippen molar-refractivity contribution in [2.75, 3.05) is 11.1 Å². The van der Waals surface area contributed by atoms with Crippen molar-refractivity contribution >= 4 is 34.7 Å². The molecule has 1 aliphatic heterocycles. The second-order valence-electron chi connectivity index (χ2n) is 5.99. The number of anilines is 1. The molecule has 0 saturated heterocycles. The molecule has 0 atom stereocenters. The maximum absolute atomic E-state index is 13.6. The molecule has 0 unspecified atom stereocenters. The van der Waals surface area contributed by atoms with E-state index in [9.17, 15) is 9.18 Å². The molecule has 6 heteroatoms. The number of nitrogens with one attached hydrogen (secondary N) is 1. The molecule has 0 aliphatic carbocycles. The van der Waals surface area contributed by atoms with Crippen LogP contribution in [0.5, 0.6) is 0 Å². The van der Waals surface area contributed by atoms with E-state index in [0.717, 1.165) is 39.6 Å². The third kappa shape index (κ3) is 3.12. The molecule has 0 spiro atoms. The molecule has 0 saturated carbocycles. The standard InChI is InChI=1S/C19H17FN2OS2/c1-12-4-5-13(20)10-15(12)21-18(23)17-14-6-9-24-11-16(14)25-19(17)22-7-2-3-8-22/h2-5,7-8,10H,6,9,11H2,1H3,(H,21,23). The summed E-state index contributed by atoms with van der Waals surface area (Å²) in [6.07, 6.45) is 4.80. The summed E-state index contributed by atoms with van der Waals surface area (Å²) in [7, 11) is 0. The van der Waals surface area contributed by atoms with E-state index in [1.165, 1.54) is 17.0 Å². The summed E-state index contributed by atoms with van der Waals surface area (Å²) in [6, 6.07) is 8.35. The molecule has 0 fully saturated rings. The van der Waals surface area contributed by atoms with Gasteiger partial charge in [0.15, 0.2) is 0 Å². The number of carbonyl (C=O) groups is 1. The Balaban J connectivity index is 1.77. The Bertz CT molecular complexity index is 931. The van der Waals surface area contributed by atoms with Crippen LogP contribution in [-0.2, 0) is 12.2 Å². The summed E-state index contributed by atoms with van der Waals surface area (Å²) < 4.78 is 15.5. The lowest BCUT2D eigenvalue weighted by atomic mass is 10.1. The van der Waals surface area contributed by atoms with Gasteiger partial charge in [0.2, 0.25) is 0 Å². The van der Waals surface area contributed by atoms with E-state index in [0.29, 0.717) is 5.69 Å². The molecule has 0 bridgehead atoms. The first kappa shape index (κ1) is 16.4. The van der Waals surface area contributed by atoms with E-state index >= 15 is 0 Å². The van der Waals surface area contributed by atoms with E-state index in [-0.39, 0.29) is 11.7 Å². The average molecular weight is 372 g/mol. The van der Waals surface area contributed by atoms with Crippen molar-refractivity contribution in [3.05, 3.63) is 70.1 Å². The Morgan fingerprint density at radius 2 is 2.08 bits per heavy atom. The average Bonchev–Trinajstić information content (AvgIpc) is 3.24. The minimum Gasteiger partial charge on any atom is -0.322 e. The van der Waals surface area contributed by atoms with Gasteiger partial charge < -0.3 is 9.88 Å². The SMILES string of the molecule is Cc1ccc(F)cc1NC(=O)c1c(-n2cccc2)sc2c1CCSC2. The van der Waals surface area contributed by atoms with E-state index in [1.807, 2.05) is 47.8 Å². The van der Waals surface area contributed by atoms with Crippen LogP contribution in [0.25, 0.3) is 5.00 Å². The highest BCUT2D eigenvalue weighted by atomic mass is 32.2. The number of benzene rings is 1. The number of aryl methyl sites for hydroxylation is 1. The second kappa shape index (κ2) is 6.69. The van der Waals surface area contributed by atoms with Crippen LogP contribution in [0.1, 0.15) is 26.4 Å². The molecule has 4 rings (SSSR count). The lowest BCUT2D eigenvalue weighted by molar-refractivity contribution is 0.102. The van der Waals surface area contributed by atoms with Gasteiger partial charge in [-0.25, -0.2) is 4.39 Å². The van der Waals surface area contributed by atoms with Crippen molar-refractivity contribution in [3.8, 4) is 5.00 Å². The zero-order chi connectivity index (χ0) is 17.4. The van der Waals surface area contributed by atoms with Gasteiger partial charge in [0.05, 0.1) is 5.56 Å². The first-order chi connectivity index (χ1) is 12.1. The van der Waals surface area contributed by atoms with Crippen LogP contribution in [-0.4, -0.2) is 16.2 Å². The van der Waals surface area contributed by atoms with Crippen molar-refractivity contribution in [2.24, 2.45) is 0 Å². The van der Waals surface area contributed by atoms with Crippen LogP contribution >= 0.6 is 23.1 Å². The number of thiophene rings is 1. The van der Waals surface area contributed by atoms with Gasteiger partial charge in [-0.15, -0.1) is 11.3 Å². The van der Waals surface area contributed by atoms with Crippen molar-refractivity contribution in [3.63, 3.8) is 0 Å². The summed E-state index contributed by atoms with van der Waals surface area (Å²) in [5.74, 6) is 1.45. The maximum atomic E-state index is 13.6. The Morgan fingerprint density at radius 1 is 1.28 bits per heavy atom. The number of rotatable bonds is 3. The fraction of sp³-hybridized carbons (Fsp3) is 0.211. The molecule has 128 valence electrons. The lowest BCUT2D eigenvalue weighted by Gasteiger charge is -2.14. The Kier molecular flexibility index (Phi) is 4.39. The molecule has 1 N–H and O–H groups in total. The van der Waals surface area contributed by atoms with Crippen LogP contribution in [0, 0.1) is 12.7 Å². The number of halogens is 1. The summed E-state index contributed by atoms with van der Waals surface area (Å²) in [5.41, 5.74) is 3.23. The number of nitrogens with zero attached hydrogens (tertiary/aromatic N) is 1. The minimum absolute atomic E-state index is 0.165. The summed E-state index contributed by atoms with van der Waals surface area (Å²) >= 11 is 3.57. The number of carbonyl (C=O) groups excluding carboxylic acids is 1. The van der Waals surface area contributed by atoms with Gasteiger partial charge in [-0.3, -0.25) is 4.79 Å². The van der Waals surface area contributed by atoms with Gasteiger partial charge in [-0.05, 0) is 54.5 Å². The fourth-order valence-corrected chi connectivity index (χ4v) is 5.46. The molecular formula is C19H17FN2OS2. The monoisotopic (exact) mass is 372 g/mol. The molecule has 1 aromatic carbocycles. The predicted octanol–water partition coefficient (Wildman–Crippen LogP) is 5.03. The second-order valence-corrected chi connectivity index (χ2v) is 8.18. The summed E-state index contributed by atoms with van der Waals surface area (Å²) in [6.45, 7) is 1.86. The van der Waals surface area contributed by atoms with Gasteiger partial charge in [0, 0.05) is 28.7 Å². The number of hydrogen-bond acceptors (Lipinski definition) is 3. The van der Waals surface area contributed by atoms with Gasteiger partial charge in [0.25, 0.3) is 5.91 Å². The molecule has 1 aliphatic rings. The maximum Gasteiger partial charge on any atom is 0.258 e. The van der Waals surface area contributed by atoms with Crippen LogP contribution in [0.4, 0.5) is 10.1 Å². The number of amides is 1. The van der Waals surface area contributed by atoms with Gasteiger partial charge in [-0.1, -0.05) is 6.07 Å². The Labute approximate surface area is 153 Å². The highest BCUT2D eigenvalue weighted by molar-refractivity contribution is 7.98. The van der Waals surface area contributed by atoms with Crippen LogP contribution in [0.3, 0.4) is 0 Å². The molecule has 3 aromatic rings. The first-order valence-corrected chi connectivity index (χ1v) is 10.0. The van der Waals surface area contributed by atoms with Crippen molar-refractivity contribution in [1.29, 1.82) is 0 Å². The first-order valence-electron chi connectivity index (χ1n) is 8.06. The topological polar surface area (TPSA) is 34.0 Å². The number of fused-ring (bicyclic) bond motifs is 1. The molecule has 1 amide bonds. The Hall–Kier alpha value is -2.05. The predicted molar refractivity (Wildman–Crippen MR) is 103 cm³/mol. The molecule has 3 heterocycles. The molecular weight excluding hydrogens is 355 g/mol. The third-order valence-electron chi connectivity index (χ3n) is 4.32. The quantitative estimate of drug-likeness (QED) is 0.700. The smallest absolute Gasteiger partial charge is 0.258 e. The third-order valence-corrected chi connectivity index (χ3v) is 6.73. The van der Waals surface area contributed by atoms with Crippen LogP contribution < -0.4 is 5.32 Å². The van der Waals surface area contributed by atoms with Gasteiger partial charge in [-0.2, -0.15) is 11.8 Å². The lowest BCUT2D eigenvalue weighted by Crippen LogP contribution is -2.17. The van der Waals surface area contributed by atoms with E-state index in [2.05, 4.69) is 5.32 Å². The normalized spacial score (nSPS) is 13.5.